The van der Waals surface area contributed by atoms with Gasteiger partial charge in [0.1, 0.15) is 15.9 Å². The van der Waals surface area contributed by atoms with Crippen molar-refractivity contribution in [3.63, 3.8) is 0 Å². The molecule has 0 bridgehead atoms. The van der Waals surface area contributed by atoms with Gasteiger partial charge in [0.2, 0.25) is 10.0 Å². The standard InChI is InChI=1S/C21H21ClN6O2S2/c1-14-24-20(18-13-23-28(21(18)25-14)17-5-2-4-15(22)12-17)27-9-7-16(8-10-27)26-32(29,30)19-6-3-11-31-19/h2-6,11-13,16,26H,7-10H2,1H3. The first kappa shape index (κ1) is 21.3. The molecule has 0 spiro atoms. The molecular formula is C21H21ClN6O2S2. The van der Waals surface area contributed by atoms with Gasteiger partial charge in [0.05, 0.1) is 17.3 Å². The Hall–Kier alpha value is -2.53. The Balaban J connectivity index is 1.38. The van der Waals surface area contributed by atoms with Gasteiger partial charge in [-0.1, -0.05) is 23.7 Å². The van der Waals surface area contributed by atoms with E-state index in [2.05, 4.69) is 24.7 Å². The largest absolute Gasteiger partial charge is 0.356 e. The summed E-state index contributed by atoms with van der Waals surface area (Å²) in [5, 5.41) is 7.78. The molecule has 0 aliphatic carbocycles. The Bertz CT molecular complexity index is 1360. The molecule has 3 aromatic heterocycles. The van der Waals surface area contributed by atoms with E-state index in [0.717, 1.165) is 22.5 Å². The highest BCUT2D eigenvalue weighted by atomic mass is 35.5. The van der Waals surface area contributed by atoms with Gasteiger partial charge in [-0.2, -0.15) is 5.10 Å². The number of nitrogens with one attached hydrogen (secondary N) is 1. The van der Waals surface area contributed by atoms with Crippen LogP contribution in [0.1, 0.15) is 18.7 Å². The molecule has 0 unspecified atom stereocenters. The number of sulfonamides is 1. The Kier molecular flexibility index (Phi) is 5.62. The Morgan fingerprint density at radius 1 is 1.16 bits per heavy atom. The van der Waals surface area contributed by atoms with Gasteiger partial charge in [-0.25, -0.2) is 27.8 Å². The smallest absolute Gasteiger partial charge is 0.250 e. The lowest BCUT2D eigenvalue weighted by atomic mass is 10.1. The zero-order chi connectivity index (χ0) is 22.3. The average Bonchev–Trinajstić information content (AvgIpc) is 3.44. The van der Waals surface area contributed by atoms with E-state index in [-0.39, 0.29) is 6.04 Å². The van der Waals surface area contributed by atoms with Crippen molar-refractivity contribution in [3.05, 3.63) is 58.8 Å². The number of benzene rings is 1. The Morgan fingerprint density at radius 3 is 2.69 bits per heavy atom. The molecule has 1 aliphatic heterocycles. The number of aromatic nitrogens is 4. The second kappa shape index (κ2) is 8.43. The minimum absolute atomic E-state index is 0.106. The van der Waals surface area contributed by atoms with Crippen LogP contribution in [0.5, 0.6) is 0 Å². The second-order valence-electron chi connectivity index (χ2n) is 7.68. The van der Waals surface area contributed by atoms with Crippen molar-refractivity contribution in [2.45, 2.75) is 30.0 Å². The van der Waals surface area contributed by atoms with E-state index in [1.54, 1.807) is 28.4 Å². The van der Waals surface area contributed by atoms with Crippen LogP contribution in [0.15, 0.2) is 52.2 Å². The maximum absolute atomic E-state index is 12.5. The highest BCUT2D eigenvalue weighted by Gasteiger charge is 2.27. The molecule has 1 N–H and O–H groups in total. The van der Waals surface area contributed by atoms with Crippen molar-refractivity contribution in [2.24, 2.45) is 0 Å². The first-order valence-electron chi connectivity index (χ1n) is 10.2. The Morgan fingerprint density at radius 2 is 1.97 bits per heavy atom. The number of hydrogen-bond acceptors (Lipinski definition) is 7. The van der Waals surface area contributed by atoms with Crippen molar-refractivity contribution in [1.29, 1.82) is 0 Å². The monoisotopic (exact) mass is 488 g/mol. The van der Waals surface area contributed by atoms with Gasteiger partial charge in [0.15, 0.2) is 5.65 Å². The number of hydrogen-bond donors (Lipinski definition) is 1. The van der Waals surface area contributed by atoms with E-state index in [4.69, 9.17) is 11.6 Å². The van der Waals surface area contributed by atoms with Crippen LogP contribution in [0.4, 0.5) is 5.82 Å². The van der Waals surface area contributed by atoms with E-state index < -0.39 is 10.0 Å². The van der Waals surface area contributed by atoms with Crippen LogP contribution in [0, 0.1) is 6.92 Å². The third-order valence-corrected chi connectivity index (χ3v) is 8.60. The summed E-state index contributed by atoms with van der Waals surface area (Å²) >= 11 is 7.38. The summed E-state index contributed by atoms with van der Waals surface area (Å²) in [7, 11) is -3.47. The van der Waals surface area contributed by atoms with Crippen molar-refractivity contribution in [3.8, 4) is 5.69 Å². The lowest BCUT2D eigenvalue weighted by Crippen LogP contribution is -2.44. The molecule has 0 saturated carbocycles. The molecule has 8 nitrogen and oxygen atoms in total. The molecule has 4 heterocycles. The van der Waals surface area contributed by atoms with Crippen LogP contribution in [0.2, 0.25) is 5.02 Å². The van der Waals surface area contributed by atoms with Crippen molar-refractivity contribution >= 4 is 49.8 Å². The second-order valence-corrected chi connectivity index (χ2v) is 11.0. The number of aryl methyl sites for hydroxylation is 1. The zero-order valence-electron chi connectivity index (χ0n) is 17.3. The number of fused-ring (bicyclic) bond motifs is 1. The van der Waals surface area contributed by atoms with E-state index in [0.29, 0.717) is 41.0 Å². The van der Waals surface area contributed by atoms with Gasteiger partial charge in [0.25, 0.3) is 0 Å². The molecular weight excluding hydrogens is 468 g/mol. The number of piperidine rings is 1. The number of rotatable bonds is 5. The molecule has 1 aliphatic rings. The normalized spacial score (nSPS) is 15.5. The molecule has 4 aromatic rings. The Labute approximate surface area is 194 Å². The minimum Gasteiger partial charge on any atom is -0.356 e. The molecule has 0 radical (unpaired) electrons. The molecule has 32 heavy (non-hydrogen) atoms. The molecule has 166 valence electrons. The zero-order valence-corrected chi connectivity index (χ0v) is 19.7. The number of thiophene rings is 1. The predicted octanol–water partition coefficient (Wildman–Crippen LogP) is 3.79. The van der Waals surface area contributed by atoms with Gasteiger partial charge in [-0.3, -0.25) is 0 Å². The summed E-state index contributed by atoms with van der Waals surface area (Å²) in [5.74, 6) is 1.47. The quantitative estimate of drug-likeness (QED) is 0.459. The summed E-state index contributed by atoms with van der Waals surface area (Å²) in [6.07, 6.45) is 3.16. The van der Waals surface area contributed by atoms with Crippen molar-refractivity contribution < 1.29 is 8.42 Å². The maximum atomic E-state index is 12.5. The predicted molar refractivity (Wildman–Crippen MR) is 126 cm³/mol. The number of halogens is 1. The summed E-state index contributed by atoms with van der Waals surface area (Å²) in [6, 6.07) is 10.7. The topological polar surface area (TPSA) is 93.0 Å². The van der Waals surface area contributed by atoms with E-state index >= 15 is 0 Å². The highest BCUT2D eigenvalue weighted by molar-refractivity contribution is 7.91. The van der Waals surface area contributed by atoms with Crippen LogP contribution in [-0.2, 0) is 10.0 Å². The van der Waals surface area contributed by atoms with Crippen LogP contribution >= 0.6 is 22.9 Å². The molecule has 11 heteroatoms. The van der Waals surface area contributed by atoms with Crippen LogP contribution in [0.3, 0.4) is 0 Å². The fraction of sp³-hybridized carbons (Fsp3) is 0.286. The maximum Gasteiger partial charge on any atom is 0.250 e. The number of nitrogens with zero attached hydrogens (tertiary/aromatic N) is 5. The molecule has 5 rings (SSSR count). The fourth-order valence-corrected chi connectivity index (χ4v) is 6.44. The molecule has 0 atom stereocenters. The lowest BCUT2D eigenvalue weighted by Gasteiger charge is -2.33. The van der Waals surface area contributed by atoms with E-state index in [1.165, 1.54) is 11.3 Å². The van der Waals surface area contributed by atoms with E-state index in [9.17, 15) is 8.42 Å². The minimum atomic E-state index is -3.47. The van der Waals surface area contributed by atoms with Crippen LogP contribution in [-0.4, -0.2) is 47.3 Å². The lowest BCUT2D eigenvalue weighted by molar-refractivity contribution is 0.459. The van der Waals surface area contributed by atoms with Gasteiger partial charge in [-0.15, -0.1) is 11.3 Å². The first-order valence-corrected chi connectivity index (χ1v) is 12.9. The van der Waals surface area contributed by atoms with Gasteiger partial charge < -0.3 is 4.90 Å². The van der Waals surface area contributed by atoms with Gasteiger partial charge in [-0.05, 0) is 49.4 Å². The first-order chi connectivity index (χ1) is 15.4. The van der Waals surface area contributed by atoms with E-state index in [1.807, 2.05) is 31.2 Å². The van der Waals surface area contributed by atoms with Crippen molar-refractivity contribution in [2.75, 3.05) is 18.0 Å². The average molecular weight is 489 g/mol. The molecule has 1 aromatic carbocycles. The molecule has 1 saturated heterocycles. The summed E-state index contributed by atoms with van der Waals surface area (Å²) in [5.41, 5.74) is 1.55. The highest BCUT2D eigenvalue weighted by Crippen LogP contribution is 2.29. The van der Waals surface area contributed by atoms with Crippen LogP contribution in [0.25, 0.3) is 16.7 Å². The fourth-order valence-electron chi connectivity index (χ4n) is 3.94. The van der Waals surface area contributed by atoms with Gasteiger partial charge >= 0.3 is 0 Å². The van der Waals surface area contributed by atoms with Crippen LogP contribution < -0.4 is 9.62 Å². The summed E-state index contributed by atoms with van der Waals surface area (Å²) in [6.45, 7) is 3.23. The molecule has 1 fully saturated rings. The molecule has 0 amide bonds. The van der Waals surface area contributed by atoms with Gasteiger partial charge in [0, 0.05) is 24.2 Å². The summed E-state index contributed by atoms with van der Waals surface area (Å²) in [4.78, 5) is 11.5. The third kappa shape index (κ3) is 4.11. The SMILES string of the molecule is Cc1nc(N2CCC(NS(=O)(=O)c3cccs3)CC2)c2cnn(-c3cccc(Cl)c3)c2n1. The third-order valence-electron chi connectivity index (χ3n) is 5.45. The number of anilines is 1. The summed E-state index contributed by atoms with van der Waals surface area (Å²) < 4.78 is 30.0. The van der Waals surface area contributed by atoms with Crippen molar-refractivity contribution in [1.82, 2.24) is 24.5 Å².